The highest BCUT2D eigenvalue weighted by Crippen LogP contribution is 2.28. The van der Waals surface area contributed by atoms with Crippen LogP contribution in [0.15, 0.2) is 59.1 Å². The van der Waals surface area contributed by atoms with Crippen molar-refractivity contribution >= 4 is 21.6 Å². The lowest BCUT2D eigenvalue weighted by Crippen LogP contribution is -2.41. The van der Waals surface area contributed by atoms with Crippen molar-refractivity contribution in [2.24, 2.45) is 5.92 Å². The van der Waals surface area contributed by atoms with Crippen molar-refractivity contribution in [3.05, 3.63) is 66.1 Å². The molecule has 2 aromatic carbocycles. The molecule has 0 spiro atoms. The Morgan fingerprint density at radius 1 is 1.10 bits per heavy atom. The fourth-order valence-corrected chi connectivity index (χ4v) is 5.27. The van der Waals surface area contributed by atoms with E-state index in [9.17, 15) is 13.2 Å². The Bertz CT molecular complexity index is 1150. The van der Waals surface area contributed by atoms with E-state index in [-0.39, 0.29) is 17.6 Å². The second kappa shape index (κ2) is 8.99. The van der Waals surface area contributed by atoms with Gasteiger partial charge in [-0.15, -0.1) is 0 Å². The summed E-state index contributed by atoms with van der Waals surface area (Å²) in [6, 6.07) is 16.4. The van der Waals surface area contributed by atoms with Crippen LogP contribution < -0.4 is 5.32 Å². The number of nitrogens with one attached hydrogen (secondary N) is 1. The molecule has 2 heterocycles. The van der Waals surface area contributed by atoms with Crippen LogP contribution in [-0.2, 0) is 20.6 Å². The Labute approximate surface area is 181 Å². The average molecular weight is 441 g/mol. The summed E-state index contributed by atoms with van der Waals surface area (Å²) in [6.45, 7) is 2.37. The lowest BCUT2D eigenvalue weighted by atomic mass is 9.97. The van der Waals surface area contributed by atoms with Crippen LogP contribution in [0.2, 0.25) is 0 Å². The summed E-state index contributed by atoms with van der Waals surface area (Å²) in [6.07, 6.45) is 0.951. The maximum absolute atomic E-state index is 12.9. The van der Waals surface area contributed by atoms with Crippen LogP contribution in [0.1, 0.15) is 24.3 Å². The number of aromatic nitrogens is 2. The van der Waals surface area contributed by atoms with E-state index in [0.717, 1.165) is 5.56 Å². The smallest absolute Gasteiger partial charge is 0.227 e. The van der Waals surface area contributed by atoms with Crippen LogP contribution in [0.25, 0.3) is 11.4 Å². The first-order valence-electron chi connectivity index (χ1n) is 10.1. The minimum Gasteiger partial charge on any atom is -0.339 e. The normalized spacial score (nSPS) is 15.6. The van der Waals surface area contributed by atoms with Gasteiger partial charge in [-0.05, 0) is 30.5 Å². The van der Waals surface area contributed by atoms with Gasteiger partial charge in [0.25, 0.3) is 0 Å². The summed E-state index contributed by atoms with van der Waals surface area (Å²) >= 11 is 0. The van der Waals surface area contributed by atoms with E-state index in [2.05, 4.69) is 15.5 Å². The van der Waals surface area contributed by atoms with E-state index in [1.54, 1.807) is 25.1 Å². The third-order valence-electron chi connectivity index (χ3n) is 5.36. The lowest BCUT2D eigenvalue weighted by Gasteiger charge is -2.30. The zero-order valence-corrected chi connectivity index (χ0v) is 18.0. The third-order valence-corrected chi connectivity index (χ3v) is 7.21. The number of nitrogens with zero attached hydrogens (tertiary/aromatic N) is 3. The fraction of sp³-hybridized carbons (Fsp3) is 0.318. The van der Waals surface area contributed by atoms with Crippen molar-refractivity contribution in [1.82, 2.24) is 14.4 Å². The molecule has 1 saturated heterocycles. The maximum atomic E-state index is 12.9. The average Bonchev–Trinajstić information content (AvgIpc) is 3.21. The van der Waals surface area contributed by atoms with Gasteiger partial charge in [-0.2, -0.15) is 4.98 Å². The number of sulfonamides is 1. The summed E-state index contributed by atoms with van der Waals surface area (Å²) < 4.78 is 32.0. The number of hydrogen-bond donors (Lipinski definition) is 1. The molecule has 9 heteroatoms. The molecule has 0 unspecified atom stereocenters. The van der Waals surface area contributed by atoms with E-state index >= 15 is 0 Å². The summed E-state index contributed by atoms with van der Waals surface area (Å²) in [5.41, 5.74) is 2.04. The molecule has 1 aliphatic rings. The highest BCUT2D eigenvalue weighted by atomic mass is 32.2. The maximum Gasteiger partial charge on any atom is 0.227 e. The van der Waals surface area contributed by atoms with Gasteiger partial charge < -0.3 is 9.84 Å². The molecule has 0 bridgehead atoms. The molecule has 1 aliphatic heterocycles. The summed E-state index contributed by atoms with van der Waals surface area (Å²) in [7, 11) is -3.41. The minimum absolute atomic E-state index is 0.0256. The monoisotopic (exact) mass is 440 g/mol. The van der Waals surface area contributed by atoms with Crippen LogP contribution in [0.4, 0.5) is 5.69 Å². The predicted octanol–water partition coefficient (Wildman–Crippen LogP) is 3.23. The number of aryl methyl sites for hydroxylation is 1. The molecular weight excluding hydrogens is 416 g/mol. The lowest BCUT2D eigenvalue weighted by molar-refractivity contribution is -0.120. The first-order chi connectivity index (χ1) is 14.9. The summed E-state index contributed by atoms with van der Waals surface area (Å²) in [5, 5.41) is 6.88. The zero-order valence-electron chi connectivity index (χ0n) is 17.2. The number of hydrogen-bond acceptors (Lipinski definition) is 6. The third kappa shape index (κ3) is 5.00. The Morgan fingerprint density at radius 2 is 1.77 bits per heavy atom. The number of carbonyl (C=O) groups excluding carboxylic acids is 1. The zero-order chi connectivity index (χ0) is 21.8. The highest BCUT2D eigenvalue weighted by molar-refractivity contribution is 7.88. The summed E-state index contributed by atoms with van der Waals surface area (Å²) in [5.74, 6) is 0.439. The molecule has 162 valence electrons. The molecule has 1 N–H and O–H groups in total. The van der Waals surface area contributed by atoms with Crippen molar-refractivity contribution < 1.29 is 17.7 Å². The van der Waals surface area contributed by atoms with Gasteiger partial charge in [0.05, 0.1) is 11.4 Å². The van der Waals surface area contributed by atoms with Gasteiger partial charge in [0.2, 0.25) is 27.6 Å². The van der Waals surface area contributed by atoms with Gasteiger partial charge in [-0.1, -0.05) is 47.6 Å². The van der Waals surface area contributed by atoms with Gasteiger partial charge in [0, 0.05) is 31.5 Å². The number of amides is 1. The van der Waals surface area contributed by atoms with E-state index in [1.807, 2.05) is 36.4 Å². The van der Waals surface area contributed by atoms with Crippen molar-refractivity contribution in [1.29, 1.82) is 0 Å². The molecule has 1 fully saturated rings. The Hall–Kier alpha value is -3.04. The number of anilines is 1. The predicted molar refractivity (Wildman–Crippen MR) is 116 cm³/mol. The van der Waals surface area contributed by atoms with Crippen LogP contribution in [0, 0.1) is 12.8 Å². The molecule has 3 aromatic rings. The molecule has 0 atom stereocenters. The molecule has 4 rings (SSSR count). The quantitative estimate of drug-likeness (QED) is 0.631. The van der Waals surface area contributed by atoms with Crippen LogP contribution >= 0.6 is 0 Å². The Morgan fingerprint density at radius 3 is 2.45 bits per heavy atom. The topological polar surface area (TPSA) is 105 Å². The van der Waals surface area contributed by atoms with E-state index in [4.69, 9.17) is 4.52 Å². The summed E-state index contributed by atoms with van der Waals surface area (Å²) in [4.78, 5) is 17.1. The molecule has 1 amide bonds. The van der Waals surface area contributed by atoms with Crippen LogP contribution in [0.3, 0.4) is 0 Å². The first kappa shape index (κ1) is 21.2. The van der Waals surface area contributed by atoms with Crippen molar-refractivity contribution in [3.8, 4) is 11.4 Å². The van der Waals surface area contributed by atoms with Crippen molar-refractivity contribution in [2.45, 2.75) is 25.5 Å². The van der Waals surface area contributed by atoms with Gasteiger partial charge in [-0.25, -0.2) is 12.7 Å². The Balaban J connectivity index is 1.38. The van der Waals surface area contributed by atoms with Crippen molar-refractivity contribution in [2.75, 3.05) is 18.4 Å². The molecular formula is C22H24N4O4S. The van der Waals surface area contributed by atoms with E-state index < -0.39 is 10.0 Å². The SMILES string of the molecule is Cc1nc(-c2ccccc2NC(=O)C2CCN(S(=O)(=O)Cc3ccccc3)CC2)no1. The van der Waals surface area contributed by atoms with Gasteiger partial charge in [0.15, 0.2) is 0 Å². The van der Waals surface area contributed by atoms with Gasteiger partial charge >= 0.3 is 0 Å². The number of para-hydroxylation sites is 1. The van der Waals surface area contributed by atoms with Gasteiger partial charge in [-0.3, -0.25) is 4.79 Å². The minimum atomic E-state index is -3.41. The molecule has 1 aromatic heterocycles. The van der Waals surface area contributed by atoms with E-state index in [1.165, 1.54) is 4.31 Å². The molecule has 0 saturated carbocycles. The number of carbonyl (C=O) groups is 1. The largest absolute Gasteiger partial charge is 0.339 e. The molecule has 31 heavy (non-hydrogen) atoms. The van der Waals surface area contributed by atoms with E-state index in [0.29, 0.717) is 48.9 Å². The number of benzene rings is 2. The second-order valence-electron chi connectivity index (χ2n) is 7.59. The first-order valence-corrected chi connectivity index (χ1v) is 11.8. The fourth-order valence-electron chi connectivity index (χ4n) is 3.70. The van der Waals surface area contributed by atoms with Gasteiger partial charge in [0.1, 0.15) is 0 Å². The highest BCUT2D eigenvalue weighted by Gasteiger charge is 2.31. The molecule has 0 radical (unpaired) electrons. The Kier molecular flexibility index (Phi) is 6.15. The second-order valence-corrected chi connectivity index (χ2v) is 9.56. The van der Waals surface area contributed by atoms with Crippen molar-refractivity contribution in [3.63, 3.8) is 0 Å². The molecule has 0 aliphatic carbocycles. The molecule has 8 nitrogen and oxygen atoms in total. The number of rotatable bonds is 6. The van der Waals surface area contributed by atoms with Crippen LogP contribution in [-0.4, -0.2) is 41.9 Å². The van der Waals surface area contributed by atoms with Crippen LogP contribution in [0.5, 0.6) is 0 Å². The standard InChI is InChI=1S/C22H24N4O4S/c1-16-23-21(25-30-16)19-9-5-6-10-20(19)24-22(27)18-11-13-26(14-12-18)31(28,29)15-17-7-3-2-4-8-17/h2-10,18H,11-15H2,1H3,(H,24,27). The number of piperidine rings is 1.